The predicted molar refractivity (Wildman–Crippen MR) is 40.4 cm³/mol. The van der Waals surface area contributed by atoms with Gasteiger partial charge in [-0.1, -0.05) is 0 Å². The molecule has 0 aromatic carbocycles. The first-order valence-electron chi connectivity index (χ1n) is 3.38. The van der Waals surface area contributed by atoms with Gasteiger partial charge >= 0.3 is 6.36 Å². The molecule has 0 saturated carbocycles. The maximum absolute atomic E-state index is 12.8. The maximum atomic E-state index is 12.8. The van der Waals surface area contributed by atoms with E-state index in [1.54, 1.807) is 0 Å². The number of hydrogen-bond donors (Lipinski definition) is 0. The van der Waals surface area contributed by atoms with Crippen molar-refractivity contribution in [3.05, 3.63) is 23.8 Å². The van der Waals surface area contributed by atoms with E-state index in [9.17, 15) is 17.6 Å². The molecular weight excluding hydrogens is 226 g/mol. The lowest BCUT2D eigenvalue weighted by Gasteiger charge is -2.11. The molecule has 0 amide bonds. The van der Waals surface area contributed by atoms with Crippen LogP contribution in [-0.2, 0) is 5.88 Å². The Morgan fingerprint density at radius 1 is 1.36 bits per heavy atom. The van der Waals surface area contributed by atoms with Crippen molar-refractivity contribution < 1.29 is 22.3 Å². The minimum absolute atomic E-state index is 0.362. The van der Waals surface area contributed by atoms with Crippen LogP contribution in [-0.4, -0.2) is 11.3 Å². The van der Waals surface area contributed by atoms with Gasteiger partial charge in [-0.2, -0.15) is 0 Å². The maximum Gasteiger partial charge on any atom is 0.573 e. The van der Waals surface area contributed by atoms with E-state index in [0.29, 0.717) is 0 Å². The van der Waals surface area contributed by atoms with Crippen LogP contribution in [0.3, 0.4) is 0 Å². The van der Waals surface area contributed by atoms with Crippen LogP contribution in [0.4, 0.5) is 17.6 Å². The number of ether oxygens (including phenoxy) is 1. The van der Waals surface area contributed by atoms with Crippen LogP contribution < -0.4 is 4.74 Å². The molecule has 2 nitrogen and oxygen atoms in total. The molecule has 0 radical (unpaired) electrons. The Bertz CT molecular complexity index is 328. The van der Waals surface area contributed by atoms with Crippen LogP contribution in [0.2, 0.25) is 0 Å². The fourth-order valence-corrected chi connectivity index (χ4v) is 1.05. The zero-order valence-electron chi connectivity index (χ0n) is 6.61. The van der Waals surface area contributed by atoms with Crippen LogP contribution in [0.25, 0.3) is 0 Å². The second-order valence-electron chi connectivity index (χ2n) is 2.28. The molecule has 0 unspecified atom stereocenters. The minimum Gasteiger partial charge on any atom is -0.404 e. The van der Waals surface area contributed by atoms with Gasteiger partial charge in [0.05, 0.1) is 18.3 Å². The molecule has 0 N–H and O–H groups in total. The Morgan fingerprint density at radius 2 is 2.00 bits per heavy atom. The van der Waals surface area contributed by atoms with Crippen LogP contribution in [0.1, 0.15) is 5.56 Å². The van der Waals surface area contributed by atoms with Crippen molar-refractivity contribution in [2.24, 2.45) is 0 Å². The van der Waals surface area contributed by atoms with E-state index in [1.165, 1.54) is 0 Å². The fraction of sp³-hybridized carbons (Fsp3) is 0.286. The normalized spacial score (nSPS) is 11.5. The molecular formula is C7H4ClF4NO. The van der Waals surface area contributed by atoms with Gasteiger partial charge in [0, 0.05) is 5.56 Å². The summed E-state index contributed by atoms with van der Waals surface area (Å²) >= 11 is 5.25. The molecule has 7 heteroatoms. The number of aromatic nitrogens is 1. The van der Waals surface area contributed by atoms with Gasteiger partial charge in [-0.15, -0.1) is 24.8 Å². The van der Waals surface area contributed by atoms with Gasteiger partial charge in [-0.25, -0.2) is 4.39 Å². The molecule has 0 atom stereocenters. The first kappa shape index (κ1) is 11.0. The number of pyridine rings is 1. The predicted octanol–water partition coefficient (Wildman–Crippen LogP) is 2.86. The SMILES string of the molecule is Fc1cncc(OC(F)(F)F)c1CCl. The van der Waals surface area contributed by atoms with E-state index in [4.69, 9.17) is 11.6 Å². The highest BCUT2D eigenvalue weighted by Crippen LogP contribution is 2.27. The average molecular weight is 230 g/mol. The second-order valence-corrected chi connectivity index (χ2v) is 2.55. The van der Waals surface area contributed by atoms with Crippen LogP contribution in [0.15, 0.2) is 12.4 Å². The van der Waals surface area contributed by atoms with Crippen molar-refractivity contribution in [3.63, 3.8) is 0 Å². The highest BCUT2D eigenvalue weighted by Gasteiger charge is 2.32. The van der Waals surface area contributed by atoms with Crippen LogP contribution >= 0.6 is 11.6 Å². The van der Waals surface area contributed by atoms with Gasteiger partial charge in [-0.05, 0) is 0 Å². The summed E-state index contributed by atoms with van der Waals surface area (Å²) < 4.78 is 51.7. The number of alkyl halides is 4. The molecule has 1 aromatic heterocycles. The molecule has 0 aliphatic carbocycles. The molecule has 0 fully saturated rings. The first-order chi connectivity index (χ1) is 6.44. The Labute approximate surface area is 81.5 Å². The molecule has 1 aromatic rings. The van der Waals surface area contributed by atoms with E-state index >= 15 is 0 Å². The summed E-state index contributed by atoms with van der Waals surface area (Å²) in [6, 6.07) is 0. The number of nitrogens with zero attached hydrogens (tertiary/aromatic N) is 1. The third-order valence-corrected chi connectivity index (χ3v) is 1.59. The zero-order valence-corrected chi connectivity index (χ0v) is 7.36. The number of hydrogen-bond acceptors (Lipinski definition) is 2. The monoisotopic (exact) mass is 229 g/mol. The van der Waals surface area contributed by atoms with Crippen molar-refractivity contribution in [1.29, 1.82) is 0 Å². The third kappa shape index (κ3) is 2.73. The smallest absolute Gasteiger partial charge is 0.404 e. The molecule has 0 bridgehead atoms. The zero-order chi connectivity index (χ0) is 10.8. The topological polar surface area (TPSA) is 22.1 Å². The summed E-state index contributed by atoms with van der Waals surface area (Å²) in [5.41, 5.74) is -0.362. The quantitative estimate of drug-likeness (QED) is 0.575. The summed E-state index contributed by atoms with van der Waals surface area (Å²) in [6.07, 6.45) is -3.36. The standard InChI is InChI=1S/C7H4ClF4NO/c8-1-4-5(9)2-13-3-6(4)14-7(10,11)12/h2-3H,1H2. The van der Waals surface area contributed by atoms with Gasteiger partial charge in [0.2, 0.25) is 0 Å². The molecule has 14 heavy (non-hydrogen) atoms. The Kier molecular flexibility index (Phi) is 3.15. The fourth-order valence-electron chi connectivity index (χ4n) is 0.786. The summed E-state index contributed by atoms with van der Waals surface area (Å²) in [6.45, 7) is 0. The molecule has 0 saturated heterocycles. The summed E-state index contributed by atoms with van der Waals surface area (Å²) in [5.74, 6) is -2.06. The van der Waals surface area contributed by atoms with Gasteiger partial charge in [-0.3, -0.25) is 4.98 Å². The highest BCUT2D eigenvalue weighted by molar-refractivity contribution is 6.17. The summed E-state index contributed by atoms with van der Waals surface area (Å²) in [7, 11) is 0. The number of halogens is 5. The molecule has 0 aliphatic heterocycles. The van der Waals surface area contributed by atoms with E-state index in [0.717, 1.165) is 12.4 Å². The lowest BCUT2D eigenvalue weighted by molar-refractivity contribution is -0.275. The van der Waals surface area contributed by atoms with Crippen molar-refractivity contribution in [2.75, 3.05) is 0 Å². The second kappa shape index (κ2) is 4.00. The molecule has 0 aliphatic rings. The molecule has 1 heterocycles. The minimum atomic E-state index is -4.88. The van der Waals surface area contributed by atoms with Gasteiger partial charge in [0.25, 0.3) is 0 Å². The van der Waals surface area contributed by atoms with E-state index < -0.39 is 23.8 Å². The van der Waals surface area contributed by atoms with Crippen molar-refractivity contribution in [1.82, 2.24) is 4.98 Å². The van der Waals surface area contributed by atoms with Crippen molar-refractivity contribution in [3.8, 4) is 5.75 Å². The molecule has 78 valence electrons. The van der Waals surface area contributed by atoms with E-state index in [-0.39, 0.29) is 5.56 Å². The van der Waals surface area contributed by atoms with Crippen LogP contribution in [0.5, 0.6) is 5.75 Å². The van der Waals surface area contributed by atoms with Crippen LogP contribution in [0, 0.1) is 5.82 Å². The lowest BCUT2D eigenvalue weighted by Crippen LogP contribution is -2.18. The Hall–Kier alpha value is -1.04. The largest absolute Gasteiger partial charge is 0.573 e. The van der Waals surface area contributed by atoms with Gasteiger partial charge in [0.15, 0.2) is 5.75 Å². The van der Waals surface area contributed by atoms with Crippen molar-refractivity contribution >= 4 is 11.6 Å². The van der Waals surface area contributed by atoms with E-state index in [1.807, 2.05) is 0 Å². The highest BCUT2D eigenvalue weighted by atomic mass is 35.5. The van der Waals surface area contributed by atoms with Gasteiger partial charge < -0.3 is 4.74 Å². The van der Waals surface area contributed by atoms with Gasteiger partial charge in [0.1, 0.15) is 5.82 Å². The third-order valence-electron chi connectivity index (χ3n) is 1.32. The summed E-state index contributed by atoms with van der Waals surface area (Å²) in [4.78, 5) is 3.22. The lowest BCUT2D eigenvalue weighted by atomic mass is 10.3. The number of rotatable bonds is 2. The summed E-state index contributed by atoms with van der Waals surface area (Å²) in [5, 5.41) is 0. The molecule has 0 spiro atoms. The first-order valence-corrected chi connectivity index (χ1v) is 3.91. The van der Waals surface area contributed by atoms with Crippen molar-refractivity contribution in [2.45, 2.75) is 12.2 Å². The Morgan fingerprint density at radius 3 is 2.50 bits per heavy atom. The van der Waals surface area contributed by atoms with E-state index in [2.05, 4.69) is 9.72 Å². The Balaban J connectivity index is 3.02. The average Bonchev–Trinajstić information content (AvgIpc) is 2.01. The molecule has 1 rings (SSSR count).